The number of carbonyl (C=O) groups excluding carboxylic acids is 1. The minimum absolute atomic E-state index is 0.117. The monoisotopic (exact) mass is 296 g/mol. The third-order valence-corrected chi connectivity index (χ3v) is 2.71. The van der Waals surface area contributed by atoms with Gasteiger partial charge < -0.3 is 9.47 Å². The molecule has 0 fully saturated rings. The summed E-state index contributed by atoms with van der Waals surface area (Å²) in [6.07, 6.45) is 0.117. The number of ether oxygens (including phenoxy) is 2. The predicted octanol–water partition coefficient (Wildman–Crippen LogP) is 2.79. The van der Waals surface area contributed by atoms with E-state index in [1.54, 1.807) is 18.2 Å². The van der Waals surface area contributed by atoms with Gasteiger partial charge in [0.05, 0.1) is 21.2 Å². The fourth-order valence-electron chi connectivity index (χ4n) is 1.53. The van der Waals surface area contributed by atoms with Gasteiger partial charge in [0, 0.05) is 16.0 Å². The van der Waals surface area contributed by atoms with Crippen LogP contribution in [-0.4, -0.2) is 25.2 Å². The minimum atomic E-state index is -0.443. The summed E-state index contributed by atoms with van der Waals surface area (Å²) in [5.41, 5.74) is 0.923. The van der Waals surface area contributed by atoms with Crippen LogP contribution >= 0.6 is 15.9 Å². The molecule has 1 heterocycles. The Balaban J connectivity index is 2.75. The highest BCUT2D eigenvalue weighted by atomic mass is 79.9. The molecule has 0 unspecified atom stereocenters. The first-order valence-electron chi connectivity index (χ1n) is 5.30. The molecule has 4 nitrogen and oxygen atoms in total. The zero-order valence-electron chi connectivity index (χ0n) is 10.3. The summed E-state index contributed by atoms with van der Waals surface area (Å²) in [7, 11) is 2.81. The van der Waals surface area contributed by atoms with Crippen LogP contribution in [0.1, 0.15) is 11.7 Å². The zero-order chi connectivity index (χ0) is 13.3. The second-order valence-corrected chi connectivity index (χ2v) is 4.18. The number of fused-ring (bicyclic) bond motifs is 1. The third kappa shape index (κ3) is 2.24. The first kappa shape index (κ1) is 10.5. The van der Waals surface area contributed by atoms with E-state index in [4.69, 9.17) is 6.11 Å². The van der Waals surface area contributed by atoms with Gasteiger partial charge in [0.25, 0.3) is 0 Å². The van der Waals surface area contributed by atoms with Crippen LogP contribution < -0.4 is 4.74 Å². The van der Waals surface area contributed by atoms with Crippen LogP contribution in [0.15, 0.2) is 28.8 Å². The fourth-order valence-corrected chi connectivity index (χ4v) is 1.86. The summed E-state index contributed by atoms with van der Waals surface area (Å²) < 4.78 is 18.1. The Labute approximate surface area is 108 Å². The van der Waals surface area contributed by atoms with Gasteiger partial charge in [0.1, 0.15) is 11.3 Å². The molecule has 0 bridgehead atoms. The second kappa shape index (κ2) is 4.71. The fraction of sp³-hybridized carbons (Fsp3) is 0.167. The van der Waals surface area contributed by atoms with E-state index in [9.17, 15) is 4.79 Å². The molecule has 0 aliphatic rings. The van der Waals surface area contributed by atoms with Crippen molar-refractivity contribution in [2.75, 3.05) is 14.2 Å². The number of esters is 1. The van der Waals surface area contributed by atoms with Crippen molar-refractivity contribution >= 4 is 32.8 Å². The maximum atomic E-state index is 11.5. The molecular formula is C12H10BrNO3. The molecule has 5 heteroatoms. The molecule has 0 saturated heterocycles. The van der Waals surface area contributed by atoms with Crippen LogP contribution in [0.4, 0.5) is 0 Å². The third-order valence-electron chi connectivity index (χ3n) is 2.30. The highest BCUT2D eigenvalue weighted by Gasteiger charge is 2.11. The highest BCUT2D eigenvalue weighted by Crippen LogP contribution is 2.27. The highest BCUT2D eigenvalue weighted by molar-refractivity contribution is 9.10. The van der Waals surface area contributed by atoms with Crippen molar-refractivity contribution in [1.29, 1.82) is 0 Å². The number of hydrogen-bond donors (Lipinski definition) is 0. The first-order chi connectivity index (χ1) is 8.56. The molecule has 2 rings (SSSR count). The number of halogens is 1. The molecule has 1 aromatic heterocycles. The lowest BCUT2D eigenvalue weighted by atomic mass is 10.1. The van der Waals surface area contributed by atoms with E-state index in [1.807, 2.05) is 0 Å². The van der Waals surface area contributed by atoms with Crippen LogP contribution in [0.5, 0.6) is 5.75 Å². The van der Waals surface area contributed by atoms with Gasteiger partial charge in [-0.15, -0.1) is 0 Å². The molecule has 0 N–H and O–H groups in total. The first-order valence-corrected chi connectivity index (χ1v) is 5.59. The number of hydrogen-bond acceptors (Lipinski definition) is 4. The molecule has 88 valence electrons. The van der Waals surface area contributed by atoms with Crippen LogP contribution in [0.2, 0.25) is 0 Å². The van der Waals surface area contributed by atoms with E-state index in [-0.39, 0.29) is 6.17 Å². The lowest BCUT2D eigenvalue weighted by Crippen LogP contribution is -2.02. The van der Waals surface area contributed by atoms with Gasteiger partial charge in [-0.25, -0.2) is 4.79 Å². The van der Waals surface area contributed by atoms with Gasteiger partial charge in [-0.2, -0.15) is 0 Å². The standard InChI is InChI=1S/C12H10BrNO3/c1-16-10-5-8(12(15)17-2)3-7-4-9(13)6-14-11(7)10/h3-6H,1-2H3/i6D. The predicted molar refractivity (Wildman–Crippen MR) is 67.3 cm³/mol. The molecule has 2 aromatic rings. The van der Waals surface area contributed by atoms with Crippen molar-refractivity contribution in [2.45, 2.75) is 0 Å². The van der Waals surface area contributed by atoms with Crippen molar-refractivity contribution in [3.8, 4) is 5.75 Å². The maximum absolute atomic E-state index is 11.5. The second-order valence-electron chi connectivity index (χ2n) is 3.32. The summed E-state index contributed by atoms with van der Waals surface area (Å²) in [6.45, 7) is 0. The SMILES string of the molecule is [2H]c1nc2c(OC)cc(C(=O)OC)cc2cc1Br. The van der Waals surface area contributed by atoms with E-state index < -0.39 is 5.97 Å². The zero-order valence-corrected chi connectivity index (χ0v) is 10.9. The smallest absolute Gasteiger partial charge is 0.338 e. The number of nitrogens with zero attached hydrogens (tertiary/aromatic N) is 1. The van der Waals surface area contributed by atoms with Crippen LogP contribution in [0.25, 0.3) is 10.9 Å². The molecule has 0 atom stereocenters. The molecule has 0 saturated carbocycles. The molecule has 0 aliphatic heterocycles. The number of aromatic nitrogens is 1. The Kier molecular flexibility index (Phi) is 2.92. The van der Waals surface area contributed by atoms with Crippen molar-refractivity contribution < 1.29 is 15.6 Å². The van der Waals surface area contributed by atoms with Crippen molar-refractivity contribution in [1.82, 2.24) is 4.98 Å². The maximum Gasteiger partial charge on any atom is 0.338 e. The summed E-state index contributed by atoms with van der Waals surface area (Å²) in [5, 5.41) is 0.706. The largest absolute Gasteiger partial charge is 0.494 e. The average Bonchev–Trinajstić information content (AvgIpc) is 2.38. The molecule has 1 aromatic carbocycles. The van der Waals surface area contributed by atoms with Crippen LogP contribution in [0.3, 0.4) is 0 Å². The summed E-state index contributed by atoms with van der Waals surface area (Å²) in [6, 6.07) is 4.93. The van der Waals surface area contributed by atoms with E-state index in [0.29, 0.717) is 26.7 Å². The van der Waals surface area contributed by atoms with Crippen molar-refractivity contribution in [2.24, 2.45) is 0 Å². The summed E-state index contributed by atoms with van der Waals surface area (Å²) in [5.74, 6) is -0.00447. The molecule has 0 aliphatic carbocycles. The average molecular weight is 297 g/mol. The van der Waals surface area contributed by atoms with Crippen molar-refractivity contribution in [3.63, 3.8) is 0 Å². The minimum Gasteiger partial charge on any atom is -0.494 e. The van der Waals surface area contributed by atoms with E-state index in [1.165, 1.54) is 14.2 Å². The Morgan fingerprint density at radius 2 is 2.18 bits per heavy atom. The lowest BCUT2D eigenvalue weighted by Gasteiger charge is -2.07. The Morgan fingerprint density at radius 3 is 2.82 bits per heavy atom. The number of rotatable bonds is 2. The topological polar surface area (TPSA) is 48.4 Å². The van der Waals surface area contributed by atoms with Gasteiger partial charge in [0.2, 0.25) is 0 Å². The normalized spacial score (nSPS) is 11.1. The quantitative estimate of drug-likeness (QED) is 0.800. The van der Waals surface area contributed by atoms with Gasteiger partial charge in [0.15, 0.2) is 0 Å². The van der Waals surface area contributed by atoms with E-state index in [0.717, 1.165) is 0 Å². The summed E-state index contributed by atoms with van der Waals surface area (Å²) in [4.78, 5) is 15.6. The molecule has 0 spiro atoms. The number of methoxy groups -OCH3 is 2. The number of benzene rings is 1. The van der Waals surface area contributed by atoms with Crippen LogP contribution in [-0.2, 0) is 4.74 Å². The molecule has 0 radical (unpaired) electrons. The van der Waals surface area contributed by atoms with Crippen LogP contribution in [0, 0.1) is 0 Å². The molecule has 0 amide bonds. The molecule has 17 heavy (non-hydrogen) atoms. The number of pyridine rings is 1. The van der Waals surface area contributed by atoms with Gasteiger partial charge in [-0.3, -0.25) is 4.98 Å². The Morgan fingerprint density at radius 1 is 1.41 bits per heavy atom. The van der Waals surface area contributed by atoms with E-state index in [2.05, 4.69) is 25.7 Å². The Bertz CT molecular complexity index is 630. The van der Waals surface area contributed by atoms with E-state index >= 15 is 0 Å². The van der Waals surface area contributed by atoms with Gasteiger partial charge in [-0.1, -0.05) is 0 Å². The van der Waals surface area contributed by atoms with Crippen molar-refractivity contribution in [3.05, 3.63) is 34.4 Å². The molecular weight excluding hydrogens is 286 g/mol. The van der Waals surface area contributed by atoms with Gasteiger partial charge in [-0.05, 0) is 34.1 Å². The Hall–Kier alpha value is -1.62. The summed E-state index contributed by atoms with van der Waals surface area (Å²) >= 11 is 3.23. The lowest BCUT2D eigenvalue weighted by molar-refractivity contribution is 0.0600. The van der Waals surface area contributed by atoms with Gasteiger partial charge >= 0.3 is 5.97 Å². The number of carbonyl (C=O) groups is 1.